The first-order chi connectivity index (χ1) is 20.5. The van der Waals surface area contributed by atoms with Crippen molar-refractivity contribution in [3.05, 3.63) is 95.1 Å². The molecule has 10 nitrogen and oxygen atoms in total. The third kappa shape index (κ3) is 8.32. The maximum atomic E-state index is 13.5. The minimum absolute atomic E-state index is 0.0151. The molecule has 0 fully saturated rings. The van der Waals surface area contributed by atoms with Crippen LogP contribution in [0.25, 0.3) is 11.1 Å². The number of carbonyl (C=O) groups is 2. The topological polar surface area (TPSA) is 135 Å². The molecule has 43 heavy (non-hydrogen) atoms. The summed E-state index contributed by atoms with van der Waals surface area (Å²) in [7, 11) is -3.75. The Kier molecular flexibility index (Phi) is 11.2. The van der Waals surface area contributed by atoms with E-state index >= 15 is 0 Å². The first kappa shape index (κ1) is 32.9. The van der Waals surface area contributed by atoms with Crippen LogP contribution in [0.2, 0.25) is 0 Å². The normalized spacial score (nSPS) is 14.3. The van der Waals surface area contributed by atoms with Crippen LogP contribution in [0.3, 0.4) is 0 Å². The van der Waals surface area contributed by atoms with Crippen molar-refractivity contribution in [2.45, 2.75) is 62.7 Å². The molecule has 0 aromatic heterocycles. The molecule has 1 aliphatic carbocycles. The highest BCUT2D eigenvalue weighted by Gasteiger charge is 2.37. The molecule has 4 N–H and O–H groups in total. The van der Waals surface area contributed by atoms with Crippen molar-refractivity contribution in [1.29, 1.82) is 0 Å². The van der Waals surface area contributed by atoms with E-state index in [0.29, 0.717) is 11.1 Å². The highest BCUT2D eigenvalue weighted by atomic mass is 79.9. The Hall–Kier alpha value is -3.05. The Labute approximate surface area is 260 Å². The van der Waals surface area contributed by atoms with Gasteiger partial charge in [-0.1, -0.05) is 88.7 Å². The zero-order valence-corrected chi connectivity index (χ0v) is 26.9. The van der Waals surface area contributed by atoms with Gasteiger partial charge in [0.2, 0.25) is 0 Å². The van der Waals surface area contributed by atoms with Crippen LogP contribution in [0.1, 0.15) is 60.4 Å². The largest absolute Gasteiger partial charge is 0.480 e. The Morgan fingerprint density at radius 2 is 1.37 bits per heavy atom. The molecule has 0 aliphatic heterocycles. The van der Waals surface area contributed by atoms with Crippen LogP contribution in [0.15, 0.2) is 72.8 Å². The number of hydrogen-bond donors (Lipinski definition) is 4. The number of ether oxygens (including phenoxy) is 1. The van der Waals surface area contributed by atoms with Gasteiger partial charge in [0.05, 0.1) is 0 Å². The molecule has 0 spiro atoms. The van der Waals surface area contributed by atoms with Gasteiger partial charge in [0.1, 0.15) is 17.2 Å². The molecule has 0 radical (unpaired) electrons. The highest BCUT2D eigenvalue weighted by Crippen LogP contribution is 2.63. The van der Waals surface area contributed by atoms with E-state index < -0.39 is 30.3 Å². The summed E-state index contributed by atoms with van der Waals surface area (Å²) in [5.74, 6) is -1.33. The number of amides is 1. The Morgan fingerprint density at radius 1 is 0.860 bits per heavy atom. The molecular weight excluding hydrogens is 637 g/mol. The molecule has 1 amide bonds. The predicted octanol–water partition coefficient (Wildman–Crippen LogP) is 6.67. The van der Waals surface area contributed by atoms with Gasteiger partial charge in [-0.3, -0.25) is 4.57 Å². The van der Waals surface area contributed by atoms with E-state index in [2.05, 4.69) is 32.2 Å². The molecule has 3 aromatic carbocycles. The first-order valence-corrected chi connectivity index (χ1v) is 16.6. The van der Waals surface area contributed by atoms with Gasteiger partial charge in [-0.05, 0) is 61.1 Å². The fraction of sp³-hybridized carbons (Fsp3) is 0.355. The van der Waals surface area contributed by atoms with Crippen LogP contribution in [0.4, 0.5) is 4.79 Å². The molecular formula is C31H37BrN3O7P. The van der Waals surface area contributed by atoms with Crippen LogP contribution in [0, 0.1) is 0 Å². The average molecular weight is 675 g/mol. The lowest BCUT2D eigenvalue weighted by Crippen LogP contribution is -2.42. The molecule has 1 aliphatic rings. The Balaban J connectivity index is 1.38. The maximum absolute atomic E-state index is 13.5. The summed E-state index contributed by atoms with van der Waals surface area (Å²) in [6, 6.07) is 21.3. The number of hydroxylamine groups is 2. The van der Waals surface area contributed by atoms with Gasteiger partial charge < -0.3 is 15.2 Å². The molecule has 0 saturated heterocycles. The minimum Gasteiger partial charge on any atom is -0.480 e. The Morgan fingerprint density at radius 3 is 1.86 bits per heavy atom. The van der Waals surface area contributed by atoms with Crippen molar-refractivity contribution in [1.82, 2.24) is 16.3 Å². The quantitative estimate of drug-likeness (QED) is 0.0841. The second-order valence-electron chi connectivity index (χ2n) is 10.9. The smallest absolute Gasteiger partial charge is 0.407 e. The number of halogens is 1. The SMILES string of the molecule is CC(C)NOP(=O)(ONC(C)C)C(Br)c1ccc(CC(NC(=O)OCC2c3ccccc3-c3ccccc32)C(=O)O)cc1. The van der Waals surface area contributed by atoms with Gasteiger partial charge in [-0.25, -0.2) is 18.8 Å². The van der Waals surface area contributed by atoms with Crippen molar-refractivity contribution in [3.8, 4) is 11.1 Å². The number of carboxylic acids is 1. The summed E-state index contributed by atoms with van der Waals surface area (Å²) in [5, 5.41) is 12.3. The highest BCUT2D eigenvalue weighted by molar-refractivity contribution is 9.10. The lowest BCUT2D eigenvalue weighted by molar-refractivity contribution is -0.139. The number of nitrogens with one attached hydrogen (secondary N) is 3. The second kappa shape index (κ2) is 14.6. The van der Waals surface area contributed by atoms with E-state index in [1.807, 2.05) is 76.2 Å². The fourth-order valence-electron chi connectivity index (χ4n) is 4.68. The molecule has 230 valence electrons. The van der Waals surface area contributed by atoms with E-state index in [0.717, 1.165) is 22.3 Å². The average Bonchev–Trinajstić information content (AvgIpc) is 3.31. The van der Waals surface area contributed by atoms with Crippen LogP contribution in [-0.4, -0.2) is 41.9 Å². The van der Waals surface area contributed by atoms with E-state index in [4.69, 9.17) is 14.0 Å². The number of aliphatic carboxylic acids is 1. The predicted molar refractivity (Wildman–Crippen MR) is 168 cm³/mol. The van der Waals surface area contributed by atoms with Gasteiger partial charge in [0, 0.05) is 24.4 Å². The summed E-state index contributed by atoms with van der Waals surface area (Å²) in [5.41, 5.74) is 11.0. The molecule has 0 heterocycles. The summed E-state index contributed by atoms with van der Waals surface area (Å²) in [4.78, 5) is 24.8. The molecule has 0 bridgehead atoms. The fourth-order valence-corrected chi connectivity index (χ4v) is 6.96. The first-order valence-electron chi connectivity index (χ1n) is 14.0. The Bertz CT molecular complexity index is 1410. The van der Waals surface area contributed by atoms with E-state index in [-0.39, 0.29) is 31.0 Å². The van der Waals surface area contributed by atoms with Gasteiger partial charge >= 0.3 is 19.7 Å². The zero-order valence-electron chi connectivity index (χ0n) is 24.5. The molecule has 0 saturated carbocycles. The van der Waals surface area contributed by atoms with Crippen LogP contribution >= 0.6 is 23.5 Å². The number of carbonyl (C=O) groups excluding carboxylic acids is 1. The summed E-state index contributed by atoms with van der Waals surface area (Å²) >= 11 is 3.44. The number of fused-ring (bicyclic) bond motifs is 3. The van der Waals surface area contributed by atoms with Gasteiger partial charge in [0.25, 0.3) is 0 Å². The van der Waals surface area contributed by atoms with Crippen molar-refractivity contribution >= 4 is 35.6 Å². The third-order valence-corrected chi connectivity index (χ3v) is 10.3. The number of benzene rings is 3. The second-order valence-corrected chi connectivity index (χ2v) is 14.5. The summed E-state index contributed by atoms with van der Waals surface area (Å²) in [6.45, 7) is 7.44. The van der Waals surface area contributed by atoms with Gasteiger partial charge in [-0.2, -0.15) is 11.0 Å². The maximum Gasteiger partial charge on any atom is 0.407 e. The minimum atomic E-state index is -3.75. The summed E-state index contributed by atoms with van der Waals surface area (Å²) < 4.78 is 29.2. The molecule has 2 atom stereocenters. The van der Waals surface area contributed by atoms with Crippen LogP contribution in [-0.2, 0) is 29.8 Å². The van der Waals surface area contributed by atoms with E-state index in [1.165, 1.54) is 0 Å². The van der Waals surface area contributed by atoms with Crippen LogP contribution < -0.4 is 16.3 Å². The van der Waals surface area contributed by atoms with Crippen molar-refractivity contribution in [3.63, 3.8) is 0 Å². The van der Waals surface area contributed by atoms with E-state index in [9.17, 15) is 19.3 Å². The van der Waals surface area contributed by atoms with E-state index in [1.54, 1.807) is 24.3 Å². The molecule has 3 aromatic rings. The van der Waals surface area contributed by atoms with Crippen LogP contribution in [0.5, 0.6) is 0 Å². The molecule has 4 rings (SSSR count). The standard InChI is InChI=1S/C31H37BrN3O7P/c1-19(2)34-41-43(39,42-35-20(3)4)29(32)22-15-13-21(14-16-22)17-28(30(36)37)33-31(38)40-18-27-25-11-7-5-9-23(25)24-10-6-8-12-26(24)27/h5-16,19-20,27-29,34-35H,17-18H2,1-4H3,(H,33,38)(H,36,37). The van der Waals surface area contributed by atoms with Gasteiger partial charge in [-0.15, -0.1) is 0 Å². The zero-order chi connectivity index (χ0) is 31.1. The van der Waals surface area contributed by atoms with Gasteiger partial charge in [0.15, 0.2) is 0 Å². The number of rotatable bonds is 14. The lowest BCUT2D eigenvalue weighted by atomic mass is 9.98. The number of alkyl halides is 1. The van der Waals surface area contributed by atoms with Crippen molar-refractivity contribution in [2.24, 2.45) is 0 Å². The third-order valence-electron chi connectivity index (χ3n) is 6.74. The lowest BCUT2D eigenvalue weighted by Gasteiger charge is -2.25. The van der Waals surface area contributed by atoms with Crippen molar-refractivity contribution < 1.29 is 33.2 Å². The molecule has 12 heteroatoms. The monoisotopic (exact) mass is 673 g/mol. The number of alkyl carbamates (subject to hydrolysis) is 1. The number of hydrogen-bond acceptors (Lipinski definition) is 8. The van der Waals surface area contributed by atoms with Crippen molar-refractivity contribution in [2.75, 3.05) is 6.61 Å². The molecule has 2 unspecified atom stereocenters. The summed E-state index contributed by atoms with van der Waals surface area (Å²) in [6.07, 6.45) is -0.793. The number of carboxylic acid groups (broad SMARTS) is 1.